The average Bonchev–Trinajstić information content (AvgIpc) is 2.92. The van der Waals surface area contributed by atoms with Crippen molar-refractivity contribution in [2.45, 2.75) is 18.8 Å². The van der Waals surface area contributed by atoms with E-state index in [-0.39, 0.29) is 11.7 Å². The molecule has 0 spiro atoms. The van der Waals surface area contributed by atoms with Crippen LogP contribution in [0.2, 0.25) is 0 Å². The van der Waals surface area contributed by atoms with Gasteiger partial charge in [-0.1, -0.05) is 18.2 Å². The first kappa shape index (κ1) is 14.3. The van der Waals surface area contributed by atoms with Gasteiger partial charge in [0, 0.05) is 17.7 Å². The Morgan fingerprint density at radius 3 is 2.74 bits per heavy atom. The number of carbonyl (C=O) groups excluding carboxylic acids is 1. The number of nitrogens with one attached hydrogen (secondary N) is 1. The second-order valence-corrected chi connectivity index (χ2v) is 6.09. The first-order valence-electron chi connectivity index (χ1n) is 7.97. The standard InChI is InChI=1S/C19H17FN2O/c20-17-6-2-1-5-15(17)18-16-10-12(13-4-3-9-21-11-13)7-8-14(16)19(23)22-18/h1-2,5-8,10,13,21H,3-4,9,11H2. The number of hydrogen-bond donors (Lipinski definition) is 1. The van der Waals surface area contributed by atoms with E-state index < -0.39 is 0 Å². The molecule has 0 bridgehead atoms. The molecule has 2 aromatic carbocycles. The van der Waals surface area contributed by atoms with Crippen molar-refractivity contribution in [3.8, 4) is 0 Å². The Morgan fingerprint density at radius 2 is 1.96 bits per heavy atom. The van der Waals surface area contributed by atoms with Gasteiger partial charge in [-0.15, -0.1) is 0 Å². The van der Waals surface area contributed by atoms with Crippen LogP contribution in [0.5, 0.6) is 0 Å². The lowest BCUT2D eigenvalue weighted by Crippen LogP contribution is -2.28. The Balaban J connectivity index is 1.78. The van der Waals surface area contributed by atoms with Crippen molar-refractivity contribution < 1.29 is 9.18 Å². The fraction of sp³-hybridized carbons (Fsp3) is 0.263. The Bertz CT molecular complexity index is 807. The van der Waals surface area contributed by atoms with Gasteiger partial charge in [-0.25, -0.2) is 9.38 Å². The SMILES string of the molecule is O=C1N=C(c2ccccc2F)c2cc(C3CCCNC3)ccc21. The molecule has 4 rings (SSSR count). The maximum absolute atomic E-state index is 14.1. The fourth-order valence-corrected chi connectivity index (χ4v) is 3.42. The van der Waals surface area contributed by atoms with E-state index in [0.29, 0.717) is 22.8 Å². The molecule has 2 aliphatic rings. The maximum Gasteiger partial charge on any atom is 0.278 e. The van der Waals surface area contributed by atoms with Gasteiger partial charge in [-0.3, -0.25) is 4.79 Å². The first-order valence-corrected chi connectivity index (χ1v) is 7.97. The number of nitrogens with zero attached hydrogens (tertiary/aromatic N) is 1. The van der Waals surface area contributed by atoms with Crippen molar-refractivity contribution in [2.24, 2.45) is 4.99 Å². The number of rotatable bonds is 2. The highest BCUT2D eigenvalue weighted by atomic mass is 19.1. The van der Waals surface area contributed by atoms with Gasteiger partial charge >= 0.3 is 0 Å². The van der Waals surface area contributed by atoms with Gasteiger partial charge in [-0.2, -0.15) is 0 Å². The fourth-order valence-electron chi connectivity index (χ4n) is 3.42. The minimum absolute atomic E-state index is 0.286. The molecule has 0 radical (unpaired) electrons. The van der Waals surface area contributed by atoms with E-state index in [4.69, 9.17) is 0 Å². The predicted octanol–water partition coefficient (Wildman–Crippen LogP) is 3.28. The van der Waals surface area contributed by atoms with E-state index >= 15 is 0 Å². The average molecular weight is 308 g/mol. The highest BCUT2D eigenvalue weighted by Gasteiger charge is 2.27. The number of aliphatic imine (C=N–C) groups is 1. The van der Waals surface area contributed by atoms with Crippen LogP contribution in [0.4, 0.5) is 4.39 Å². The molecule has 1 unspecified atom stereocenters. The molecule has 4 heteroatoms. The van der Waals surface area contributed by atoms with Crippen LogP contribution in [0.3, 0.4) is 0 Å². The summed E-state index contributed by atoms with van der Waals surface area (Å²) in [6.45, 7) is 2.00. The van der Waals surface area contributed by atoms with E-state index in [1.807, 2.05) is 18.2 Å². The molecule has 1 atom stereocenters. The van der Waals surface area contributed by atoms with Gasteiger partial charge in [0.05, 0.1) is 11.3 Å². The Kier molecular flexibility index (Phi) is 3.54. The zero-order chi connectivity index (χ0) is 15.8. The lowest BCUT2D eigenvalue weighted by atomic mass is 9.88. The van der Waals surface area contributed by atoms with Gasteiger partial charge in [0.1, 0.15) is 5.82 Å². The Hall–Kier alpha value is -2.33. The summed E-state index contributed by atoms with van der Waals surface area (Å²) in [5, 5.41) is 3.40. The molecule has 1 amide bonds. The zero-order valence-corrected chi connectivity index (χ0v) is 12.7. The molecule has 2 aliphatic heterocycles. The largest absolute Gasteiger partial charge is 0.316 e. The quantitative estimate of drug-likeness (QED) is 0.925. The van der Waals surface area contributed by atoms with E-state index in [1.54, 1.807) is 18.2 Å². The van der Waals surface area contributed by atoms with E-state index in [9.17, 15) is 9.18 Å². The monoisotopic (exact) mass is 308 g/mol. The molecule has 1 fully saturated rings. The number of piperidine rings is 1. The third-order valence-electron chi connectivity index (χ3n) is 4.64. The predicted molar refractivity (Wildman–Crippen MR) is 87.7 cm³/mol. The van der Waals surface area contributed by atoms with Crippen molar-refractivity contribution in [2.75, 3.05) is 13.1 Å². The molecule has 3 nitrogen and oxygen atoms in total. The summed E-state index contributed by atoms with van der Waals surface area (Å²) in [5.41, 5.74) is 3.35. The molecule has 1 N–H and O–H groups in total. The van der Waals surface area contributed by atoms with Crippen molar-refractivity contribution in [3.63, 3.8) is 0 Å². The van der Waals surface area contributed by atoms with Gasteiger partial charge in [0.2, 0.25) is 0 Å². The summed E-state index contributed by atoms with van der Waals surface area (Å²) in [7, 11) is 0. The summed E-state index contributed by atoms with van der Waals surface area (Å²) in [6.07, 6.45) is 2.28. The highest BCUT2D eigenvalue weighted by molar-refractivity contribution is 6.27. The second kappa shape index (κ2) is 5.70. The van der Waals surface area contributed by atoms with Crippen LogP contribution in [-0.4, -0.2) is 24.7 Å². The topological polar surface area (TPSA) is 41.5 Å². The third kappa shape index (κ3) is 2.49. The first-order chi connectivity index (χ1) is 11.2. The molecule has 1 saturated heterocycles. The van der Waals surface area contributed by atoms with E-state index in [1.165, 1.54) is 11.6 Å². The van der Waals surface area contributed by atoms with Crippen LogP contribution in [0.1, 0.15) is 45.8 Å². The van der Waals surface area contributed by atoms with Gasteiger partial charge < -0.3 is 5.32 Å². The summed E-state index contributed by atoms with van der Waals surface area (Å²) in [6, 6.07) is 12.3. The summed E-state index contributed by atoms with van der Waals surface area (Å²) < 4.78 is 14.1. The van der Waals surface area contributed by atoms with Gasteiger partial charge in [0.15, 0.2) is 0 Å². The second-order valence-electron chi connectivity index (χ2n) is 6.09. The lowest BCUT2D eigenvalue weighted by molar-refractivity contribution is 0.101. The number of carbonyl (C=O) groups is 1. The third-order valence-corrected chi connectivity index (χ3v) is 4.64. The van der Waals surface area contributed by atoms with E-state index in [2.05, 4.69) is 10.3 Å². The lowest BCUT2D eigenvalue weighted by Gasteiger charge is -2.23. The summed E-state index contributed by atoms with van der Waals surface area (Å²) in [4.78, 5) is 16.2. The number of hydrogen-bond acceptors (Lipinski definition) is 2. The summed E-state index contributed by atoms with van der Waals surface area (Å²) in [5.74, 6) is -0.199. The summed E-state index contributed by atoms with van der Waals surface area (Å²) >= 11 is 0. The van der Waals surface area contributed by atoms with Crippen LogP contribution >= 0.6 is 0 Å². The minimum atomic E-state index is -0.350. The van der Waals surface area contributed by atoms with Crippen LogP contribution < -0.4 is 5.32 Å². The van der Waals surface area contributed by atoms with Crippen LogP contribution in [0.15, 0.2) is 47.5 Å². The number of benzene rings is 2. The van der Waals surface area contributed by atoms with Crippen molar-refractivity contribution in [3.05, 3.63) is 70.5 Å². The Labute approximate surface area is 134 Å². The molecule has 0 saturated carbocycles. The molecule has 23 heavy (non-hydrogen) atoms. The molecule has 2 heterocycles. The van der Waals surface area contributed by atoms with Crippen molar-refractivity contribution >= 4 is 11.6 Å². The molecular formula is C19H17FN2O. The number of fused-ring (bicyclic) bond motifs is 1. The Morgan fingerprint density at radius 1 is 1.09 bits per heavy atom. The molecule has 0 aliphatic carbocycles. The van der Waals surface area contributed by atoms with Crippen LogP contribution in [0, 0.1) is 5.82 Å². The van der Waals surface area contributed by atoms with Gasteiger partial charge in [0.25, 0.3) is 5.91 Å². The van der Waals surface area contributed by atoms with E-state index in [0.717, 1.165) is 31.5 Å². The number of halogens is 1. The van der Waals surface area contributed by atoms with Crippen LogP contribution in [-0.2, 0) is 0 Å². The molecule has 2 aromatic rings. The highest BCUT2D eigenvalue weighted by Crippen LogP contribution is 2.30. The van der Waals surface area contributed by atoms with Crippen molar-refractivity contribution in [1.82, 2.24) is 5.32 Å². The molecule has 0 aromatic heterocycles. The van der Waals surface area contributed by atoms with Crippen molar-refractivity contribution in [1.29, 1.82) is 0 Å². The smallest absolute Gasteiger partial charge is 0.278 e. The zero-order valence-electron chi connectivity index (χ0n) is 12.7. The normalized spacial score (nSPS) is 20.3. The van der Waals surface area contributed by atoms with Crippen LogP contribution in [0.25, 0.3) is 0 Å². The van der Waals surface area contributed by atoms with Gasteiger partial charge in [-0.05, 0) is 55.1 Å². The maximum atomic E-state index is 14.1. The molecule has 116 valence electrons. The number of amides is 1. The minimum Gasteiger partial charge on any atom is -0.316 e. The molecular weight excluding hydrogens is 291 g/mol.